The molecule has 0 radical (unpaired) electrons. The number of fused-ring (bicyclic) bond motifs is 1. The van der Waals surface area contributed by atoms with Crippen LogP contribution in [0.4, 0.5) is 13.2 Å². The molecule has 1 aromatic carbocycles. The van der Waals surface area contributed by atoms with Gasteiger partial charge in [-0.15, -0.1) is 0 Å². The number of hydrogen-bond acceptors (Lipinski definition) is 3. The van der Waals surface area contributed by atoms with Crippen LogP contribution in [0.5, 0.6) is 0 Å². The van der Waals surface area contributed by atoms with Gasteiger partial charge in [0.25, 0.3) is 0 Å². The van der Waals surface area contributed by atoms with E-state index in [0.717, 1.165) is 22.4 Å². The zero-order valence-electron chi connectivity index (χ0n) is 14.0. The normalized spacial score (nSPS) is 11.9. The van der Waals surface area contributed by atoms with Gasteiger partial charge in [-0.25, -0.2) is 9.97 Å². The minimum absolute atomic E-state index is 0.124. The third-order valence-electron chi connectivity index (χ3n) is 4.20. The first-order valence-electron chi connectivity index (χ1n) is 7.97. The molecule has 8 heteroatoms. The Morgan fingerprint density at radius 1 is 1.00 bits per heavy atom. The Balaban J connectivity index is 2.01. The van der Waals surface area contributed by atoms with Crippen LogP contribution in [0.15, 0.2) is 55.1 Å². The molecule has 4 rings (SSSR count). The zero-order chi connectivity index (χ0) is 19.2. The largest absolute Gasteiger partial charge is 0.431 e. The highest BCUT2D eigenvalue weighted by Gasteiger charge is 2.35. The molecule has 0 aliphatic rings. The molecule has 4 nitrogen and oxygen atoms in total. The molecule has 136 valence electrons. The van der Waals surface area contributed by atoms with Crippen LogP contribution >= 0.6 is 11.6 Å². The molecule has 0 unspecified atom stereocenters. The molecule has 0 aliphatic heterocycles. The van der Waals surface area contributed by atoms with Crippen molar-refractivity contribution in [3.63, 3.8) is 0 Å². The zero-order valence-corrected chi connectivity index (χ0v) is 14.8. The summed E-state index contributed by atoms with van der Waals surface area (Å²) in [6.07, 6.45) is -0.319. The quantitative estimate of drug-likeness (QED) is 0.459. The molecule has 27 heavy (non-hydrogen) atoms. The molecule has 0 spiro atoms. The van der Waals surface area contributed by atoms with Crippen LogP contribution in [0.2, 0.25) is 5.02 Å². The lowest BCUT2D eigenvalue weighted by Gasteiger charge is -2.12. The lowest BCUT2D eigenvalue weighted by molar-refractivity contribution is -0.142. The first kappa shape index (κ1) is 17.5. The predicted octanol–water partition coefficient (Wildman–Crippen LogP) is 5.44. The summed E-state index contributed by atoms with van der Waals surface area (Å²) in [5.74, 6) is 0. The van der Waals surface area contributed by atoms with Crippen molar-refractivity contribution in [2.75, 3.05) is 0 Å². The highest BCUT2D eigenvalue weighted by molar-refractivity contribution is 6.31. The number of hydrogen-bond donors (Lipinski definition) is 0. The van der Waals surface area contributed by atoms with Gasteiger partial charge in [-0.05, 0) is 42.8 Å². The number of aromatic nitrogens is 4. The van der Waals surface area contributed by atoms with E-state index < -0.39 is 11.9 Å². The van der Waals surface area contributed by atoms with Gasteiger partial charge in [0, 0.05) is 28.5 Å². The summed E-state index contributed by atoms with van der Waals surface area (Å²) in [6.45, 7) is 1.79. The number of imidazole rings is 1. The Hall–Kier alpha value is -2.93. The smallest absolute Gasteiger partial charge is 0.278 e. The van der Waals surface area contributed by atoms with Crippen molar-refractivity contribution in [1.29, 1.82) is 0 Å². The summed E-state index contributed by atoms with van der Waals surface area (Å²) in [5, 5.41) is 0.540. The molecular formula is C19H12ClF3N4. The Bertz CT molecular complexity index is 1140. The lowest BCUT2D eigenvalue weighted by atomic mass is 10.1. The van der Waals surface area contributed by atoms with Crippen molar-refractivity contribution in [3.05, 3.63) is 71.4 Å². The van der Waals surface area contributed by atoms with Gasteiger partial charge in [0.05, 0.1) is 5.69 Å². The van der Waals surface area contributed by atoms with Gasteiger partial charge in [0.2, 0.25) is 0 Å². The minimum atomic E-state index is -4.56. The molecule has 0 saturated carbocycles. The number of aryl methyl sites for hydroxylation is 1. The maximum Gasteiger partial charge on any atom is 0.431 e. The monoisotopic (exact) mass is 388 g/mol. The van der Waals surface area contributed by atoms with Gasteiger partial charge in [-0.2, -0.15) is 13.2 Å². The van der Waals surface area contributed by atoms with Gasteiger partial charge in [-0.3, -0.25) is 9.38 Å². The Kier molecular flexibility index (Phi) is 4.11. The Morgan fingerprint density at radius 3 is 2.41 bits per heavy atom. The summed E-state index contributed by atoms with van der Waals surface area (Å²) in [7, 11) is 0. The van der Waals surface area contributed by atoms with Crippen molar-refractivity contribution in [3.8, 4) is 22.5 Å². The van der Waals surface area contributed by atoms with Crippen molar-refractivity contribution in [2.45, 2.75) is 13.1 Å². The van der Waals surface area contributed by atoms with Crippen LogP contribution in [0.25, 0.3) is 28.2 Å². The Labute approximate surface area is 157 Å². The molecule has 0 fully saturated rings. The highest BCUT2D eigenvalue weighted by atomic mass is 35.5. The lowest BCUT2D eigenvalue weighted by Crippen LogP contribution is -2.12. The average molecular weight is 389 g/mol. The maximum absolute atomic E-state index is 13.7. The fourth-order valence-electron chi connectivity index (χ4n) is 2.85. The second-order valence-corrected chi connectivity index (χ2v) is 6.42. The van der Waals surface area contributed by atoms with E-state index in [9.17, 15) is 13.2 Å². The maximum atomic E-state index is 13.7. The summed E-state index contributed by atoms with van der Waals surface area (Å²) in [4.78, 5) is 12.5. The third-order valence-corrected chi connectivity index (χ3v) is 4.62. The molecule has 0 bridgehead atoms. The van der Waals surface area contributed by atoms with Crippen LogP contribution in [0.3, 0.4) is 0 Å². The summed E-state index contributed by atoms with van der Waals surface area (Å²) < 4.78 is 41.9. The second-order valence-electron chi connectivity index (χ2n) is 6.01. The summed E-state index contributed by atoms with van der Waals surface area (Å²) >= 11 is 6.03. The number of alkyl halides is 3. The fraction of sp³-hybridized carbons (Fsp3) is 0.105. The Morgan fingerprint density at radius 2 is 1.74 bits per heavy atom. The number of halogens is 4. The SMILES string of the molecule is Cc1cc(-c2cc(C(F)(F)F)n3cnc(-c4ccncc4)c3n2)ccc1Cl. The number of benzene rings is 1. The van der Waals surface area contributed by atoms with Crippen molar-refractivity contribution in [1.82, 2.24) is 19.4 Å². The van der Waals surface area contributed by atoms with E-state index >= 15 is 0 Å². The topological polar surface area (TPSA) is 43.1 Å². The standard InChI is InChI=1S/C19H12ClF3N4/c1-11-8-13(2-3-14(11)20)15-9-16(19(21,22)23)27-10-25-17(18(27)26-15)12-4-6-24-7-5-12/h2-10H,1H3. The van der Waals surface area contributed by atoms with Crippen LogP contribution < -0.4 is 0 Å². The van der Waals surface area contributed by atoms with Crippen LogP contribution in [-0.4, -0.2) is 19.4 Å². The molecular weight excluding hydrogens is 377 g/mol. The van der Waals surface area contributed by atoms with E-state index in [2.05, 4.69) is 15.0 Å². The molecule has 0 aliphatic carbocycles. The second kappa shape index (κ2) is 6.35. The van der Waals surface area contributed by atoms with Crippen LogP contribution in [0, 0.1) is 6.92 Å². The van der Waals surface area contributed by atoms with Gasteiger partial charge < -0.3 is 0 Å². The first-order chi connectivity index (χ1) is 12.8. The highest BCUT2D eigenvalue weighted by Crippen LogP contribution is 2.35. The van der Waals surface area contributed by atoms with E-state index in [1.165, 1.54) is 0 Å². The molecule has 4 aromatic rings. The molecule has 0 N–H and O–H groups in total. The van der Waals surface area contributed by atoms with E-state index in [-0.39, 0.29) is 11.3 Å². The van der Waals surface area contributed by atoms with Gasteiger partial charge in [0.1, 0.15) is 17.7 Å². The van der Waals surface area contributed by atoms with E-state index in [1.54, 1.807) is 49.6 Å². The molecule has 0 amide bonds. The third kappa shape index (κ3) is 3.14. The van der Waals surface area contributed by atoms with Crippen LogP contribution in [0.1, 0.15) is 11.3 Å². The van der Waals surface area contributed by atoms with E-state index in [1.807, 2.05) is 0 Å². The van der Waals surface area contributed by atoms with Gasteiger partial charge in [-0.1, -0.05) is 17.7 Å². The minimum Gasteiger partial charge on any atom is -0.278 e. The van der Waals surface area contributed by atoms with Gasteiger partial charge in [0.15, 0.2) is 5.65 Å². The molecule has 3 heterocycles. The van der Waals surface area contributed by atoms with Crippen molar-refractivity contribution in [2.24, 2.45) is 0 Å². The average Bonchev–Trinajstić information content (AvgIpc) is 3.07. The number of nitrogens with zero attached hydrogens (tertiary/aromatic N) is 4. The van der Waals surface area contributed by atoms with Crippen molar-refractivity contribution < 1.29 is 13.2 Å². The number of rotatable bonds is 2. The summed E-state index contributed by atoms with van der Waals surface area (Å²) in [6, 6.07) is 9.38. The molecule has 0 saturated heterocycles. The van der Waals surface area contributed by atoms with E-state index in [4.69, 9.17) is 11.6 Å². The van der Waals surface area contributed by atoms with Crippen molar-refractivity contribution >= 4 is 17.2 Å². The first-order valence-corrected chi connectivity index (χ1v) is 8.34. The molecule has 3 aromatic heterocycles. The van der Waals surface area contributed by atoms with Gasteiger partial charge >= 0.3 is 6.18 Å². The van der Waals surface area contributed by atoms with Crippen LogP contribution in [-0.2, 0) is 6.18 Å². The number of pyridine rings is 1. The van der Waals surface area contributed by atoms with E-state index in [0.29, 0.717) is 21.8 Å². The fourth-order valence-corrected chi connectivity index (χ4v) is 2.97. The molecule has 0 atom stereocenters. The predicted molar refractivity (Wildman–Crippen MR) is 96.4 cm³/mol. The summed E-state index contributed by atoms with van der Waals surface area (Å²) in [5.41, 5.74) is 1.78.